The number of carbonyl (C=O) groups is 1. The van der Waals surface area contributed by atoms with E-state index in [1.54, 1.807) is 36.0 Å². The van der Waals surface area contributed by atoms with Crippen molar-refractivity contribution in [1.29, 1.82) is 5.26 Å². The number of nitriles is 1. The second-order valence-corrected chi connectivity index (χ2v) is 4.61. The molecule has 1 aromatic heterocycles. The summed E-state index contributed by atoms with van der Waals surface area (Å²) >= 11 is 1.62. The Morgan fingerprint density at radius 2 is 2.00 bits per heavy atom. The molecule has 0 spiro atoms. The van der Waals surface area contributed by atoms with Crippen LogP contribution in [0.4, 0.5) is 5.82 Å². The first kappa shape index (κ1) is 13.1. The molecule has 0 saturated heterocycles. The molecular formula is C14H11N3OS. The molecular weight excluding hydrogens is 258 g/mol. The van der Waals surface area contributed by atoms with Crippen LogP contribution >= 0.6 is 11.8 Å². The van der Waals surface area contributed by atoms with E-state index in [-0.39, 0.29) is 5.91 Å². The Kier molecular flexibility index (Phi) is 4.16. The number of pyridine rings is 1. The molecule has 4 nitrogen and oxygen atoms in total. The highest BCUT2D eigenvalue weighted by Crippen LogP contribution is 2.15. The van der Waals surface area contributed by atoms with E-state index in [1.807, 2.05) is 24.5 Å². The number of amides is 1. The topological polar surface area (TPSA) is 65.8 Å². The van der Waals surface area contributed by atoms with Crippen molar-refractivity contribution in [2.24, 2.45) is 0 Å². The van der Waals surface area contributed by atoms with Gasteiger partial charge >= 0.3 is 0 Å². The predicted molar refractivity (Wildman–Crippen MR) is 75.1 cm³/mol. The molecule has 1 N–H and O–H groups in total. The first-order valence-electron chi connectivity index (χ1n) is 5.54. The smallest absolute Gasteiger partial charge is 0.256 e. The number of thioether (sulfide) groups is 1. The van der Waals surface area contributed by atoms with Gasteiger partial charge in [-0.1, -0.05) is 0 Å². The molecule has 0 unspecified atom stereocenters. The summed E-state index contributed by atoms with van der Waals surface area (Å²) in [6, 6.07) is 12.5. The highest BCUT2D eigenvalue weighted by Gasteiger charge is 2.06. The highest BCUT2D eigenvalue weighted by molar-refractivity contribution is 7.98. The van der Waals surface area contributed by atoms with Gasteiger partial charge in [-0.3, -0.25) is 4.79 Å². The number of anilines is 1. The summed E-state index contributed by atoms with van der Waals surface area (Å²) in [5.41, 5.74) is 1.03. The summed E-state index contributed by atoms with van der Waals surface area (Å²) < 4.78 is 0. The lowest BCUT2D eigenvalue weighted by molar-refractivity contribution is 0.102. The van der Waals surface area contributed by atoms with E-state index in [9.17, 15) is 4.79 Å². The molecule has 0 bridgehead atoms. The Bertz CT molecular complexity index is 615. The molecule has 1 aromatic carbocycles. The van der Waals surface area contributed by atoms with E-state index in [0.29, 0.717) is 16.9 Å². The van der Waals surface area contributed by atoms with Gasteiger partial charge in [0.25, 0.3) is 5.91 Å². The van der Waals surface area contributed by atoms with Crippen LogP contribution in [0, 0.1) is 11.3 Å². The standard InChI is InChI=1S/C14H11N3OS/c1-19-12-5-3-11(4-6-12)14(18)17-13-7-2-10(8-15)9-16-13/h2-7,9H,1H3,(H,16,17,18). The van der Waals surface area contributed by atoms with E-state index in [2.05, 4.69) is 10.3 Å². The van der Waals surface area contributed by atoms with Gasteiger partial charge in [-0.05, 0) is 42.7 Å². The van der Waals surface area contributed by atoms with Gasteiger partial charge in [0.2, 0.25) is 0 Å². The summed E-state index contributed by atoms with van der Waals surface area (Å²) in [5, 5.41) is 11.3. The second-order valence-electron chi connectivity index (χ2n) is 3.73. The van der Waals surface area contributed by atoms with E-state index in [0.717, 1.165) is 4.90 Å². The molecule has 0 aliphatic rings. The Hall–Kier alpha value is -2.32. The van der Waals surface area contributed by atoms with Crippen LogP contribution in [0.1, 0.15) is 15.9 Å². The molecule has 0 aliphatic carbocycles. The Morgan fingerprint density at radius 1 is 1.26 bits per heavy atom. The minimum Gasteiger partial charge on any atom is -0.307 e. The Balaban J connectivity index is 2.09. The SMILES string of the molecule is CSc1ccc(C(=O)Nc2ccc(C#N)cn2)cc1. The quantitative estimate of drug-likeness (QED) is 0.870. The zero-order valence-electron chi connectivity index (χ0n) is 10.3. The van der Waals surface area contributed by atoms with Gasteiger partial charge in [-0.25, -0.2) is 4.98 Å². The average molecular weight is 269 g/mol. The first-order chi connectivity index (χ1) is 9.22. The normalized spacial score (nSPS) is 9.68. The van der Waals surface area contributed by atoms with Crippen molar-refractivity contribution in [2.45, 2.75) is 4.90 Å². The highest BCUT2D eigenvalue weighted by atomic mass is 32.2. The largest absolute Gasteiger partial charge is 0.307 e. The lowest BCUT2D eigenvalue weighted by atomic mass is 10.2. The fourth-order valence-corrected chi connectivity index (χ4v) is 1.87. The summed E-state index contributed by atoms with van der Waals surface area (Å²) in [7, 11) is 0. The molecule has 94 valence electrons. The average Bonchev–Trinajstić information content (AvgIpc) is 2.48. The third-order valence-electron chi connectivity index (χ3n) is 2.49. The van der Waals surface area contributed by atoms with Crippen molar-refractivity contribution in [2.75, 3.05) is 11.6 Å². The van der Waals surface area contributed by atoms with Crippen LogP contribution in [0.25, 0.3) is 0 Å². The van der Waals surface area contributed by atoms with Gasteiger partial charge in [-0.2, -0.15) is 5.26 Å². The van der Waals surface area contributed by atoms with Crippen molar-refractivity contribution in [3.63, 3.8) is 0 Å². The number of nitrogens with one attached hydrogen (secondary N) is 1. The van der Waals surface area contributed by atoms with Crippen LogP contribution < -0.4 is 5.32 Å². The third kappa shape index (κ3) is 3.33. The van der Waals surface area contributed by atoms with Crippen LogP contribution in [-0.4, -0.2) is 17.1 Å². The van der Waals surface area contributed by atoms with Gasteiger partial charge in [0, 0.05) is 16.7 Å². The number of hydrogen-bond acceptors (Lipinski definition) is 4. The van der Waals surface area contributed by atoms with Crippen LogP contribution in [0.15, 0.2) is 47.5 Å². The zero-order chi connectivity index (χ0) is 13.7. The zero-order valence-corrected chi connectivity index (χ0v) is 11.1. The maximum atomic E-state index is 11.9. The predicted octanol–water partition coefficient (Wildman–Crippen LogP) is 2.93. The minimum absolute atomic E-state index is 0.218. The van der Waals surface area contributed by atoms with Crippen LogP contribution in [0.2, 0.25) is 0 Å². The van der Waals surface area contributed by atoms with Crippen molar-refractivity contribution in [3.05, 3.63) is 53.7 Å². The molecule has 0 atom stereocenters. The molecule has 2 rings (SSSR count). The monoisotopic (exact) mass is 269 g/mol. The molecule has 1 amide bonds. The third-order valence-corrected chi connectivity index (χ3v) is 3.23. The summed E-state index contributed by atoms with van der Waals surface area (Å²) in [6.07, 6.45) is 3.40. The number of carbonyl (C=O) groups excluding carboxylic acids is 1. The number of aromatic nitrogens is 1. The van der Waals surface area contributed by atoms with E-state index in [1.165, 1.54) is 6.20 Å². The van der Waals surface area contributed by atoms with Gasteiger partial charge in [-0.15, -0.1) is 11.8 Å². The summed E-state index contributed by atoms with van der Waals surface area (Å²) in [6.45, 7) is 0. The van der Waals surface area contributed by atoms with Gasteiger partial charge in [0.05, 0.1) is 5.56 Å². The fourth-order valence-electron chi connectivity index (χ4n) is 1.46. The van der Waals surface area contributed by atoms with Crippen molar-refractivity contribution < 1.29 is 4.79 Å². The van der Waals surface area contributed by atoms with Gasteiger partial charge in [0.1, 0.15) is 11.9 Å². The molecule has 1 heterocycles. The van der Waals surface area contributed by atoms with Crippen LogP contribution in [0.5, 0.6) is 0 Å². The van der Waals surface area contributed by atoms with E-state index >= 15 is 0 Å². The molecule has 19 heavy (non-hydrogen) atoms. The fraction of sp³-hybridized carbons (Fsp3) is 0.0714. The molecule has 2 aromatic rings. The van der Waals surface area contributed by atoms with E-state index < -0.39 is 0 Å². The van der Waals surface area contributed by atoms with Crippen molar-refractivity contribution in [1.82, 2.24) is 4.98 Å². The van der Waals surface area contributed by atoms with Crippen LogP contribution in [-0.2, 0) is 0 Å². The second kappa shape index (κ2) is 6.03. The number of rotatable bonds is 3. The summed E-state index contributed by atoms with van der Waals surface area (Å²) in [5.74, 6) is 0.211. The maximum Gasteiger partial charge on any atom is 0.256 e. The summed E-state index contributed by atoms with van der Waals surface area (Å²) in [4.78, 5) is 17.0. The first-order valence-corrected chi connectivity index (χ1v) is 6.77. The number of hydrogen-bond donors (Lipinski definition) is 1. The number of benzene rings is 1. The van der Waals surface area contributed by atoms with Crippen molar-refractivity contribution in [3.8, 4) is 6.07 Å². The molecule has 0 radical (unpaired) electrons. The number of nitrogens with zero attached hydrogens (tertiary/aromatic N) is 2. The minimum atomic E-state index is -0.218. The molecule has 0 saturated carbocycles. The van der Waals surface area contributed by atoms with Crippen LogP contribution in [0.3, 0.4) is 0 Å². The maximum absolute atomic E-state index is 11.9. The molecule has 0 fully saturated rings. The molecule has 0 aliphatic heterocycles. The Labute approximate surface area is 115 Å². The van der Waals surface area contributed by atoms with Gasteiger partial charge < -0.3 is 5.32 Å². The van der Waals surface area contributed by atoms with Crippen molar-refractivity contribution >= 4 is 23.5 Å². The lowest BCUT2D eigenvalue weighted by Crippen LogP contribution is -2.12. The van der Waals surface area contributed by atoms with E-state index in [4.69, 9.17) is 5.26 Å². The molecule has 5 heteroatoms. The van der Waals surface area contributed by atoms with Gasteiger partial charge in [0.15, 0.2) is 0 Å². The Morgan fingerprint density at radius 3 is 2.53 bits per heavy atom. The lowest BCUT2D eigenvalue weighted by Gasteiger charge is -2.04.